The molecule has 2 N–H and O–H groups in total. The third kappa shape index (κ3) is 6.94. The molecule has 6 rings (SSSR count). The van der Waals surface area contributed by atoms with Crippen LogP contribution in [-0.2, 0) is 30.2 Å². The van der Waals surface area contributed by atoms with Crippen LogP contribution in [0.1, 0.15) is 35.1 Å². The second-order valence-electron chi connectivity index (χ2n) is 10.9. The summed E-state index contributed by atoms with van der Waals surface area (Å²) >= 11 is 0. The van der Waals surface area contributed by atoms with E-state index >= 15 is 0 Å². The number of aryl methyl sites for hydroxylation is 1. The number of benzene rings is 1. The number of hydrogen-bond acceptors (Lipinski definition) is 10. The predicted molar refractivity (Wildman–Crippen MR) is 168 cm³/mol. The van der Waals surface area contributed by atoms with Crippen LogP contribution in [0.25, 0.3) is 11.4 Å². The Labute approximate surface area is 256 Å². The largest absolute Gasteiger partial charge is 0.380 e. The van der Waals surface area contributed by atoms with Crippen molar-refractivity contribution >= 4 is 27.3 Å². The predicted octanol–water partition coefficient (Wildman–Crippen LogP) is 3.63. The molecular weight excluding hydrogens is 576 g/mol. The van der Waals surface area contributed by atoms with Crippen LogP contribution in [0.5, 0.6) is 0 Å². The smallest absolute Gasteiger partial charge is 0.256 e. The summed E-state index contributed by atoms with van der Waals surface area (Å²) in [5, 5.41) is 14.6. The summed E-state index contributed by atoms with van der Waals surface area (Å²) in [6.45, 7) is 1.48. The van der Waals surface area contributed by atoms with E-state index in [0.717, 1.165) is 33.0 Å². The van der Waals surface area contributed by atoms with Crippen molar-refractivity contribution in [2.75, 3.05) is 24.7 Å². The number of anilines is 3. The van der Waals surface area contributed by atoms with Crippen molar-refractivity contribution in [3.8, 4) is 23.2 Å². The lowest BCUT2D eigenvalue weighted by Crippen LogP contribution is -2.17. The molecule has 44 heavy (non-hydrogen) atoms. The molecule has 1 aliphatic carbocycles. The van der Waals surface area contributed by atoms with Crippen molar-refractivity contribution in [2.45, 2.75) is 31.2 Å². The van der Waals surface area contributed by atoms with Crippen molar-refractivity contribution in [1.29, 1.82) is 0 Å². The van der Waals surface area contributed by atoms with Gasteiger partial charge in [-0.1, -0.05) is 36.1 Å². The van der Waals surface area contributed by atoms with Crippen molar-refractivity contribution in [3.63, 3.8) is 0 Å². The van der Waals surface area contributed by atoms with Crippen LogP contribution in [-0.4, -0.2) is 66.6 Å². The molecule has 0 spiro atoms. The molecular formula is C31H32N10O2S. The first-order chi connectivity index (χ1) is 21.2. The lowest BCUT2D eigenvalue weighted by Gasteiger charge is -2.13. The molecule has 0 atom stereocenters. The van der Waals surface area contributed by atoms with Gasteiger partial charge < -0.3 is 15.5 Å². The molecule has 4 heterocycles. The van der Waals surface area contributed by atoms with Crippen LogP contribution in [0.15, 0.2) is 73.6 Å². The summed E-state index contributed by atoms with van der Waals surface area (Å²) in [6.07, 6.45) is 11.1. The second kappa shape index (κ2) is 12.3. The fourth-order valence-electron chi connectivity index (χ4n) is 4.50. The van der Waals surface area contributed by atoms with Crippen LogP contribution in [0, 0.1) is 11.8 Å². The van der Waals surface area contributed by atoms with E-state index in [0.29, 0.717) is 42.4 Å². The van der Waals surface area contributed by atoms with Gasteiger partial charge in [-0.05, 0) is 44.1 Å². The number of nitrogens with zero attached hydrogens (tertiary/aromatic N) is 8. The summed E-state index contributed by atoms with van der Waals surface area (Å²) < 4.78 is 27.8. The zero-order valence-corrected chi connectivity index (χ0v) is 25.5. The van der Waals surface area contributed by atoms with Crippen molar-refractivity contribution in [3.05, 3.63) is 95.8 Å². The minimum Gasteiger partial charge on any atom is -0.380 e. The van der Waals surface area contributed by atoms with Gasteiger partial charge in [-0.3, -0.25) is 4.68 Å². The summed E-state index contributed by atoms with van der Waals surface area (Å²) in [7, 11) is 2.48. The van der Waals surface area contributed by atoms with Crippen molar-refractivity contribution < 1.29 is 8.42 Å². The third-order valence-electron chi connectivity index (χ3n) is 6.89. The molecule has 0 unspecified atom stereocenters. The zero-order chi connectivity index (χ0) is 30.7. The monoisotopic (exact) mass is 608 g/mol. The molecule has 0 amide bonds. The summed E-state index contributed by atoms with van der Waals surface area (Å²) in [6, 6.07) is 12.1. The highest BCUT2D eigenvalue weighted by Crippen LogP contribution is 2.30. The van der Waals surface area contributed by atoms with Gasteiger partial charge in [0.05, 0.1) is 46.2 Å². The maximum absolute atomic E-state index is 12.5. The van der Waals surface area contributed by atoms with Gasteiger partial charge in [0.2, 0.25) is 0 Å². The normalized spacial score (nSPS) is 13.0. The van der Waals surface area contributed by atoms with Gasteiger partial charge in [0, 0.05) is 44.8 Å². The Morgan fingerprint density at radius 2 is 1.75 bits per heavy atom. The average Bonchev–Trinajstić information content (AvgIpc) is 3.61. The first-order valence-electron chi connectivity index (χ1n) is 14.1. The molecule has 0 radical (unpaired) electrons. The molecule has 4 aromatic heterocycles. The molecule has 0 saturated heterocycles. The van der Waals surface area contributed by atoms with Gasteiger partial charge in [-0.2, -0.15) is 14.3 Å². The highest BCUT2D eigenvalue weighted by Gasteiger charge is 2.37. The average molecular weight is 609 g/mol. The van der Waals surface area contributed by atoms with Gasteiger partial charge in [0.15, 0.2) is 5.82 Å². The van der Waals surface area contributed by atoms with E-state index in [9.17, 15) is 8.42 Å². The maximum Gasteiger partial charge on any atom is 0.256 e. The molecule has 224 valence electrons. The van der Waals surface area contributed by atoms with E-state index in [2.05, 4.69) is 90.9 Å². The van der Waals surface area contributed by atoms with Crippen LogP contribution in [0.3, 0.4) is 0 Å². The van der Waals surface area contributed by atoms with Crippen molar-refractivity contribution in [2.24, 2.45) is 7.05 Å². The molecule has 1 fully saturated rings. The molecule has 12 nitrogen and oxygen atoms in total. The minimum atomic E-state index is -3.47. The maximum atomic E-state index is 12.5. The van der Waals surface area contributed by atoms with Gasteiger partial charge >= 0.3 is 0 Å². The zero-order valence-electron chi connectivity index (χ0n) is 24.6. The SMILES string of the molecule is CN(C)Cc1ccc(CNc2cc(Nc3ccnc(-c4cnn(S(=O)(=O)C5CC5)c4)n3)ncc2C#Cc2cnn(C)c2)cc1. The molecule has 0 aliphatic heterocycles. The number of pyridine rings is 1. The molecule has 5 aromatic rings. The third-order valence-corrected chi connectivity index (χ3v) is 8.93. The lowest BCUT2D eigenvalue weighted by molar-refractivity contribution is 0.402. The van der Waals surface area contributed by atoms with E-state index in [1.54, 1.807) is 29.3 Å². The van der Waals surface area contributed by atoms with E-state index in [4.69, 9.17) is 0 Å². The molecule has 1 saturated carbocycles. The quantitative estimate of drug-likeness (QED) is 0.226. The first kappa shape index (κ1) is 29.0. The lowest BCUT2D eigenvalue weighted by atomic mass is 10.1. The summed E-state index contributed by atoms with van der Waals surface area (Å²) in [5.41, 5.74) is 5.23. The van der Waals surface area contributed by atoms with Crippen LogP contribution in [0.4, 0.5) is 17.3 Å². The van der Waals surface area contributed by atoms with E-state index in [-0.39, 0.29) is 5.25 Å². The Hall–Kier alpha value is -5.06. The van der Waals surface area contributed by atoms with Crippen LogP contribution >= 0.6 is 0 Å². The second-order valence-corrected chi connectivity index (χ2v) is 13.0. The van der Waals surface area contributed by atoms with Crippen molar-refractivity contribution in [1.82, 2.24) is 38.8 Å². The molecule has 13 heteroatoms. The number of rotatable bonds is 10. The van der Waals surface area contributed by atoms with E-state index < -0.39 is 10.0 Å². The summed E-state index contributed by atoms with van der Waals surface area (Å²) in [4.78, 5) is 15.6. The highest BCUT2D eigenvalue weighted by atomic mass is 32.2. The fourth-order valence-corrected chi connectivity index (χ4v) is 5.97. The Morgan fingerprint density at radius 3 is 2.48 bits per heavy atom. The molecule has 1 aromatic carbocycles. The number of aromatic nitrogens is 7. The molecule has 0 bridgehead atoms. The van der Waals surface area contributed by atoms with Crippen LogP contribution < -0.4 is 10.6 Å². The van der Waals surface area contributed by atoms with Crippen LogP contribution in [0.2, 0.25) is 0 Å². The number of nitrogens with one attached hydrogen (secondary N) is 2. The Bertz CT molecular complexity index is 1950. The topological polar surface area (TPSA) is 136 Å². The fraction of sp³-hybridized carbons (Fsp3) is 0.258. The Morgan fingerprint density at radius 1 is 0.955 bits per heavy atom. The Kier molecular flexibility index (Phi) is 8.10. The van der Waals surface area contributed by atoms with Gasteiger partial charge in [0.25, 0.3) is 10.0 Å². The van der Waals surface area contributed by atoms with Gasteiger partial charge in [-0.15, -0.1) is 0 Å². The summed E-state index contributed by atoms with van der Waals surface area (Å²) in [5.74, 6) is 7.77. The standard InChI is InChI=1S/C31H32N10O2S/c1-39(2)19-23-6-4-22(5-7-23)15-33-28-14-30(34-17-25(28)9-8-24-16-35-40(3)20-24)37-29-12-13-32-31(38-29)26-18-36-41(21-26)44(42,43)27-10-11-27/h4-7,12-14,16-18,20-21,27H,10-11,15,19H2,1-3H3,(H2,32,33,34,37,38). The van der Waals surface area contributed by atoms with Gasteiger partial charge in [0.1, 0.15) is 11.6 Å². The van der Waals surface area contributed by atoms with Gasteiger partial charge in [-0.25, -0.2) is 23.4 Å². The molecule has 1 aliphatic rings. The minimum absolute atomic E-state index is 0.349. The first-order valence-corrected chi connectivity index (χ1v) is 15.6. The number of hydrogen-bond donors (Lipinski definition) is 2. The Balaban J connectivity index is 1.23. The highest BCUT2D eigenvalue weighted by molar-refractivity contribution is 7.90. The van der Waals surface area contributed by atoms with E-state index in [1.165, 1.54) is 18.0 Å². The van der Waals surface area contributed by atoms with E-state index in [1.807, 2.05) is 19.3 Å².